The highest BCUT2D eigenvalue weighted by atomic mass is 79.9. The minimum absolute atomic E-state index is 0.107. The Labute approximate surface area is 123 Å². The third-order valence-electron chi connectivity index (χ3n) is 2.42. The minimum atomic E-state index is -0.521. The molecule has 0 bridgehead atoms. The first kappa shape index (κ1) is 14.1. The van der Waals surface area contributed by atoms with Crippen LogP contribution >= 0.6 is 27.5 Å². The Kier molecular flexibility index (Phi) is 4.27. The van der Waals surface area contributed by atoms with Crippen molar-refractivity contribution in [1.82, 2.24) is 4.98 Å². The molecular weight excluding hydrogens is 334 g/mol. The minimum Gasteiger partial charge on any atom is -0.460 e. The largest absolute Gasteiger partial charge is 0.460 e. The van der Waals surface area contributed by atoms with Crippen LogP contribution in [0.4, 0.5) is 0 Å². The van der Waals surface area contributed by atoms with Gasteiger partial charge in [-0.2, -0.15) is 0 Å². The molecular formula is C13H11BrClNO3. The van der Waals surface area contributed by atoms with Gasteiger partial charge in [0, 0.05) is 4.47 Å². The average molecular weight is 345 g/mol. The Bertz CT molecular complexity index is 624. The van der Waals surface area contributed by atoms with Crippen molar-refractivity contribution in [2.24, 2.45) is 0 Å². The third-order valence-corrected chi connectivity index (χ3v) is 3.22. The Balaban J connectivity index is 2.42. The molecule has 0 N–H and O–H groups in total. The molecule has 0 atom stereocenters. The number of nitrogens with zero attached hydrogens (tertiary/aromatic N) is 1. The van der Waals surface area contributed by atoms with Crippen molar-refractivity contribution >= 4 is 33.5 Å². The van der Waals surface area contributed by atoms with Gasteiger partial charge in [0.2, 0.25) is 11.7 Å². The summed E-state index contributed by atoms with van der Waals surface area (Å²) in [6.45, 7) is 3.70. The van der Waals surface area contributed by atoms with E-state index in [0.29, 0.717) is 22.2 Å². The van der Waals surface area contributed by atoms with Crippen LogP contribution in [-0.2, 0) is 4.74 Å². The Morgan fingerprint density at radius 3 is 2.89 bits per heavy atom. The maximum atomic E-state index is 11.7. The predicted octanol–water partition coefficient (Wildman–Crippen LogP) is 4.24. The molecule has 2 aromatic rings. The van der Waals surface area contributed by atoms with Crippen LogP contribution in [0.1, 0.15) is 23.2 Å². The smallest absolute Gasteiger partial charge is 0.376 e. The average Bonchev–Trinajstić information content (AvgIpc) is 2.71. The van der Waals surface area contributed by atoms with Gasteiger partial charge in [0.1, 0.15) is 0 Å². The highest BCUT2D eigenvalue weighted by Gasteiger charge is 2.20. The van der Waals surface area contributed by atoms with Crippen LogP contribution in [0.3, 0.4) is 0 Å². The molecule has 0 saturated carbocycles. The van der Waals surface area contributed by atoms with Crippen molar-refractivity contribution in [2.45, 2.75) is 13.8 Å². The first-order chi connectivity index (χ1) is 9.02. The lowest BCUT2D eigenvalue weighted by Crippen LogP contribution is -2.04. The summed E-state index contributed by atoms with van der Waals surface area (Å²) < 4.78 is 11.2. The van der Waals surface area contributed by atoms with Crippen molar-refractivity contribution in [1.29, 1.82) is 0 Å². The number of benzene rings is 1. The standard InChI is InChI=1S/C13H11BrClNO3/c1-3-18-13(17)11-7(2)16-12(19-11)9-5-4-8(14)6-10(9)15/h4-6H,3H2,1-2H3. The van der Waals surface area contributed by atoms with Gasteiger partial charge in [-0.3, -0.25) is 0 Å². The number of rotatable bonds is 3. The molecule has 0 spiro atoms. The lowest BCUT2D eigenvalue weighted by atomic mass is 10.2. The molecule has 0 fully saturated rings. The number of oxazole rings is 1. The fourth-order valence-corrected chi connectivity index (χ4v) is 2.31. The Morgan fingerprint density at radius 2 is 2.26 bits per heavy atom. The second kappa shape index (κ2) is 5.75. The van der Waals surface area contributed by atoms with Gasteiger partial charge in [-0.05, 0) is 32.0 Å². The van der Waals surface area contributed by atoms with Gasteiger partial charge in [0.15, 0.2) is 0 Å². The zero-order chi connectivity index (χ0) is 14.0. The summed E-state index contributed by atoms with van der Waals surface area (Å²) in [5.41, 5.74) is 1.11. The molecule has 0 amide bonds. The van der Waals surface area contributed by atoms with E-state index in [1.165, 1.54) is 0 Å². The van der Waals surface area contributed by atoms with Gasteiger partial charge in [-0.15, -0.1) is 0 Å². The number of aromatic nitrogens is 1. The summed E-state index contributed by atoms with van der Waals surface area (Å²) in [5, 5.41) is 0.492. The van der Waals surface area contributed by atoms with Crippen LogP contribution in [0.15, 0.2) is 27.1 Å². The van der Waals surface area contributed by atoms with Crippen LogP contribution < -0.4 is 0 Å². The van der Waals surface area contributed by atoms with Gasteiger partial charge in [-0.1, -0.05) is 27.5 Å². The number of carbonyl (C=O) groups is 1. The molecule has 0 aliphatic carbocycles. The number of hydrogen-bond donors (Lipinski definition) is 0. The third kappa shape index (κ3) is 2.98. The molecule has 19 heavy (non-hydrogen) atoms. The molecule has 1 aromatic heterocycles. The summed E-state index contributed by atoms with van der Waals surface area (Å²) in [6.07, 6.45) is 0. The highest BCUT2D eigenvalue weighted by Crippen LogP contribution is 2.31. The number of carbonyl (C=O) groups excluding carboxylic acids is 1. The maximum Gasteiger partial charge on any atom is 0.376 e. The molecule has 0 aliphatic heterocycles. The van der Waals surface area contributed by atoms with Crippen molar-refractivity contribution in [2.75, 3.05) is 6.61 Å². The van der Waals surface area contributed by atoms with Crippen molar-refractivity contribution in [3.8, 4) is 11.5 Å². The van der Waals surface area contributed by atoms with Crippen molar-refractivity contribution in [3.63, 3.8) is 0 Å². The van der Waals surface area contributed by atoms with E-state index in [1.54, 1.807) is 26.0 Å². The normalized spacial score (nSPS) is 10.5. The molecule has 1 aromatic carbocycles. The summed E-state index contributed by atoms with van der Waals surface area (Å²) in [5.74, 6) is -0.110. The molecule has 6 heteroatoms. The molecule has 0 saturated heterocycles. The van der Waals surface area contributed by atoms with E-state index >= 15 is 0 Å². The monoisotopic (exact) mass is 343 g/mol. The number of hydrogen-bond acceptors (Lipinski definition) is 4. The van der Waals surface area contributed by atoms with Crippen molar-refractivity contribution in [3.05, 3.63) is 39.1 Å². The first-order valence-electron chi connectivity index (χ1n) is 5.63. The van der Waals surface area contributed by atoms with Gasteiger partial charge in [0.05, 0.1) is 22.9 Å². The topological polar surface area (TPSA) is 52.3 Å². The molecule has 4 nitrogen and oxygen atoms in total. The van der Waals surface area contributed by atoms with E-state index in [0.717, 1.165) is 4.47 Å². The molecule has 2 rings (SSSR count). The number of ether oxygens (including phenoxy) is 1. The molecule has 100 valence electrons. The highest BCUT2D eigenvalue weighted by molar-refractivity contribution is 9.10. The van der Waals surface area contributed by atoms with Gasteiger partial charge >= 0.3 is 5.97 Å². The van der Waals surface area contributed by atoms with Crippen molar-refractivity contribution < 1.29 is 13.9 Å². The number of halogens is 2. The van der Waals surface area contributed by atoms with E-state index in [2.05, 4.69) is 20.9 Å². The van der Waals surface area contributed by atoms with E-state index in [4.69, 9.17) is 20.8 Å². The van der Waals surface area contributed by atoms with Crippen LogP contribution in [-0.4, -0.2) is 17.6 Å². The first-order valence-corrected chi connectivity index (χ1v) is 6.80. The zero-order valence-electron chi connectivity index (χ0n) is 10.4. The number of esters is 1. The Hall–Kier alpha value is -1.33. The van der Waals surface area contributed by atoms with Gasteiger partial charge < -0.3 is 9.15 Å². The fourth-order valence-electron chi connectivity index (χ4n) is 1.56. The summed E-state index contributed by atoms with van der Waals surface area (Å²) in [6, 6.07) is 5.33. The van der Waals surface area contributed by atoms with Crippen LogP contribution in [0.5, 0.6) is 0 Å². The van der Waals surface area contributed by atoms with Gasteiger partial charge in [-0.25, -0.2) is 9.78 Å². The summed E-state index contributed by atoms with van der Waals surface area (Å²) in [7, 11) is 0. The SMILES string of the molecule is CCOC(=O)c1oc(-c2ccc(Br)cc2Cl)nc1C. The second-order valence-corrected chi connectivity index (χ2v) is 5.10. The maximum absolute atomic E-state index is 11.7. The Morgan fingerprint density at radius 1 is 1.53 bits per heavy atom. The van der Waals surface area contributed by atoms with Crippen LogP contribution in [0, 0.1) is 6.92 Å². The number of aryl methyl sites for hydroxylation is 1. The van der Waals surface area contributed by atoms with E-state index < -0.39 is 5.97 Å². The van der Waals surface area contributed by atoms with E-state index in [-0.39, 0.29) is 12.4 Å². The van der Waals surface area contributed by atoms with E-state index in [9.17, 15) is 4.79 Å². The molecule has 0 radical (unpaired) electrons. The fraction of sp³-hybridized carbons (Fsp3) is 0.231. The summed E-state index contributed by atoms with van der Waals surface area (Å²) >= 11 is 9.44. The lowest BCUT2D eigenvalue weighted by molar-refractivity contribution is 0.0490. The predicted molar refractivity (Wildman–Crippen MR) is 75.3 cm³/mol. The quantitative estimate of drug-likeness (QED) is 0.781. The van der Waals surface area contributed by atoms with Gasteiger partial charge in [0.25, 0.3) is 0 Å². The van der Waals surface area contributed by atoms with E-state index in [1.807, 2.05) is 6.07 Å². The van der Waals surface area contributed by atoms with Crippen LogP contribution in [0.2, 0.25) is 5.02 Å². The lowest BCUT2D eigenvalue weighted by Gasteiger charge is -2.00. The summed E-state index contributed by atoms with van der Waals surface area (Å²) in [4.78, 5) is 15.9. The molecule has 1 heterocycles. The second-order valence-electron chi connectivity index (χ2n) is 3.78. The molecule has 0 aliphatic rings. The molecule has 0 unspecified atom stereocenters. The van der Waals surface area contributed by atoms with Crippen LogP contribution in [0.25, 0.3) is 11.5 Å². The zero-order valence-corrected chi connectivity index (χ0v) is 12.7.